The predicted octanol–water partition coefficient (Wildman–Crippen LogP) is 4.28. The summed E-state index contributed by atoms with van der Waals surface area (Å²) < 4.78 is 1.51. The van der Waals surface area contributed by atoms with Gasteiger partial charge < -0.3 is 15.3 Å². The molecule has 2 N–H and O–H groups in total. The van der Waals surface area contributed by atoms with Crippen LogP contribution in [0.25, 0.3) is 11.8 Å². The van der Waals surface area contributed by atoms with E-state index in [2.05, 4.69) is 20.8 Å². The molecule has 2 aromatic rings. The third-order valence-electron chi connectivity index (χ3n) is 8.90. The molecule has 0 spiro atoms. The molecule has 3 fully saturated rings. The van der Waals surface area contributed by atoms with Gasteiger partial charge in [-0.15, -0.1) is 5.10 Å². The molecule has 2 unspecified atom stereocenters. The van der Waals surface area contributed by atoms with Gasteiger partial charge in [0, 0.05) is 29.2 Å². The van der Waals surface area contributed by atoms with Crippen LogP contribution in [0.3, 0.4) is 0 Å². The lowest BCUT2D eigenvalue weighted by Gasteiger charge is -2.45. The van der Waals surface area contributed by atoms with Gasteiger partial charge in [0.25, 0.3) is 0 Å². The maximum atomic E-state index is 13.9. The zero-order chi connectivity index (χ0) is 28.1. The van der Waals surface area contributed by atoms with Crippen LogP contribution in [0, 0.1) is 17.8 Å². The summed E-state index contributed by atoms with van der Waals surface area (Å²) in [5, 5.41) is 24.4. The molecule has 2 aliphatic carbocycles. The number of amides is 2. The molecule has 2 atom stereocenters. The lowest BCUT2D eigenvalue weighted by Crippen LogP contribution is -2.58. The number of tetrazole rings is 1. The van der Waals surface area contributed by atoms with E-state index in [0.717, 1.165) is 38.5 Å². The number of hydrogen-bond acceptors (Lipinski definition) is 6. The Morgan fingerprint density at radius 2 is 1.77 bits per heavy atom. The number of nitrogens with zero attached hydrogens (tertiary/aromatic N) is 5. The zero-order valence-electron chi connectivity index (χ0n) is 22.6. The van der Waals surface area contributed by atoms with Crippen molar-refractivity contribution < 1.29 is 19.5 Å². The number of benzene rings is 1. The molecule has 2 heterocycles. The van der Waals surface area contributed by atoms with E-state index in [1.165, 1.54) is 23.5 Å². The third kappa shape index (κ3) is 6.54. The summed E-state index contributed by atoms with van der Waals surface area (Å²) in [4.78, 5) is 40.7. The molecule has 1 aliphatic heterocycles. The summed E-state index contributed by atoms with van der Waals surface area (Å²) in [6, 6.07) is 4.68. The summed E-state index contributed by atoms with van der Waals surface area (Å²) in [7, 11) is 0. The first-order valence-electron chi connectivity index (χ1n) is 14.5. The molecule has 0 bridgehead atoms. The van der Waals surface area contributed by atoms with Crippen LogP contribution in [0.4, 0.5) is 0 Å². The maximum Gasteiger partial charge on any atom is 0.306 e. The molecule has 0 radical (unpaired) electrons. The number of hydrogen-bond donors (Lipinski definition) is 2. The van der Waals surface area contributed by atoms with Gasteiger partial charge in [-0.2, -0.15) is 4.68 Å². The quantitative estimate of drug-likeness (QED) is 0.477. The van der Waals surface area contributed by atoms with Crippen molar-refractivity contribution in [3.05, 3.63) is 41.2 Å². The molecule has 2 saturated carbocycles. The number of halogens is 1. The molecular weight excluding hydrogens is 532 g/mol. The Hall–Kier alpha value is -3.27. The molecule has 2 amide bonds. The lowest BCUT2D eigenvalue weighted by molar-refractivity contribution is -0.144. The van der Waals surface area contributed by atoms with Crippen LogP contribution in [0.1, 0.15) is 76.2 Å². The van der Waals surface area contributed by atoms with Crippen LogP contribution in [-0.2, 0) is 14.4 Å². The van der Waals surface area contributed by atoms with E-state index in [1.807, 2.05) is 0 Å². The lowest BCUT2D eigenvalue weighted by atomic mass is 9.72. The Morgan fingerprint density at radius 1 is 1.00 bits per heavy atom. The molecule has 214 valence electrons. The maximum absolute atomic E-state index is 13.9. The standard InChI is InChI=1S/C29H37ClN6O4/c30-22-11-14-25(36-18-31-33-34-36)21(17-22)10-15-26(37)35-16-4-7-24(19-5-2-1-3-6-19)27(35)28(38)32-23-12-8-20(9-13-23)29(39)40/h10-11,14-15,17-20,23-24,27H,1-9,12-13,16H2,(H,32,38)(H,39,40)/b15-10+. The van der Waals surface area contributed by atoms with Gasteiger partial charge >= 0.3 is 5.97 Å². The number of likely N-dealkylation sites (tertiary alicyclic amines) is 1. The molecule has 3 aliphatic rings. The van der Waals surface area contributed by atoms with E-state index in [1.54, 1.807) is 29.2 Å². The number of piperidine rings is 1. The van der Waals surface area contributed by atoms with Crippen LogP contribution < -0.4 is 5.32 Å². The highest BCUT2D eigenvalue weighted by Crippen LogP contribution is 2.39. The number of carboxylic acids is 1. The van der Waals surface area contributed by atoms with Crippen molar-refractivity contribution >= 4 is 35.5 Å². The Morgan fingerprint density at radius 3 is 2.48 bits per heavy atom. The topological polar surface area (TPSA) is 130 Å². The average Bonchev–Trinajstić information content (AvgIpc) is 3.51. The number of carbonyl (C=O) groups excluding carboxylic acids is 2. The van der Waals surface area contributed by atoms with Gasteiger partial charge in [-0.05, 0) is 85.1 Å². The van der Waals surface area contributed by atoms with Crippen LogP contribution in [0.5, 0.6) is 0 Å². The summed E-state index contributed by atoms with van der Waals surface area (Å²) >= 11 is 6.26. The van der Waals surface area contributed by atoms with Gasteiger partial charge in [0.05, 0.1) is 11.6 Å². The minimum atomic E-state index is -0.763. The van der Waals surface area contributed by atoms with Crippen LogP contribution in [-0.4, -0.2) is 66.6 Å². The van der Waals surface area contributed by atoms with Crippen molar-refractivity contribution in [1.29, 1.82) is 0 Å². The summed E-state index contributed by atoms with van der Waals surface area (Å²) in [5.74, 6) is -0.881. The number of aliphatic carboxylic acids is 1. The molecular formula is C29H37ClN6O4. The van der Waals surface area contributed by atoms with Crippen molar-refractivity contribution in [2.75, 3.05) is 6.54 Å². The number of carbonyl (C=O) groups is 3. The second kappa shape index (κ2) is 12.9. The highest BCUT2D eigenvalue weighted by molar-refractivity contribution is 6.30. The van der Waals surface area contributed by atoms with Crippen molar-refractivity contribution in [3.8, 4) is 5.69 Å². The van der Waals surface area contributed by atoms with E-state index >= 15 is 0 Å². The second-order valence-electron chi connectivity index (χ2n) is 11.4. The average molecular weight is 569 g/mol. The molecule has 1 saturated heterocycles. The molecule has 11 heteroatoms. The Labute approximate surface area is 239 Å². The number of nitrogens with one attached hydrogen (secondary N) is 1. The SMILES string of the molecule is O=C(O)C1CCC(NC(=O)C2C(C3CCCCC3)CCCN2C(=O)/C=C/c2cc(Cl)ccc2-n2cnnn2)CC1. The third-order valence-corrected chi connectivity index (χ3v) is 9.13. The highest BCUT2D eigenvalue weighted by Gasteiger charge is 2.43. The van der Waals surface area contributed by atoms with Crippen molar-refractivity contribution in [3.63, 3.8) is 0 Å². The molecule has 40 heavy (non-hydrogen) atoms. The minimum absolute atomic E-state index is 0.0603. The summed E-state index contributed by atoms with van der Waals surface area (Å²) in [6.07, 6.45) is 14.6. The fourth-order valence-corrected chi connectivity index (χ4v) is 7.01. The summed E-state index contributed by atoms with van der Waals surface area (Å²) in [5.41, 5.74) is 1.37. The van der Waals surface area contributed by atoms with Crippen molar-refractivity contribution in [2.45, 2.75) is 82.7 Å². The fourth-order valence-electron chi connectivity index (χ4n) is 6.83. The van der Waals surface area contributed by atoms with Crippen LogP contribution in [0.15, 0.2) is 30.6 Å². The Kier molecular flexibility index (Phi) is 9.14. The first-order chi connectivity index (χ1) is 19.4. The molecule has 5 rings (SSSR count). The number of aromatic nitrogens is 4. The van der Waals surface area contributed by atoms with Crippen LogP contribution in [0.2, 0.25) is 5.02 Å². The minimum Gasteiger partial charge on any atom is -0.481 e. The highest BCUT2D eigenvalue weighted by atomic mass is 35.5. The van der Waals surface area contributed by atoms with Gasteiger partial charge in [-0.1, -0.05) is 43.7 Å². The van der Waals surface area contributed by atoms with Crippen LogP contribution >= 0.6 is 11.6 Å². The van der Waals surface area contributed by atoms with E-state index in [0.29, 0.717) is 54.4 Å². The number of rotatable bonds is 7. The van der Waals surface area contributed by atoms with Gasteiger partial charge in [-0.25, -0.2) is 0 Å². The Balaban J connectivity index is 1.36. The monoisotopic (exact) mass is 568 g/mol. The van der Waals surface area contributed by atoms with Crippen molar-refractivity contribution in [2.24, 2.45) is 17.8 Å². The van der Waals surface area contributed by atoms with Gasteiger partial charge in [0.15, 0.2) is 0 Å². The normalized spacial score (nSPS) is 26.1. The van der Waals surface area contributed by atoms with Crippen molar-refractivity contribution in [1.82, 2.24) is 30.4 Å². The zero-order valence-corrected chi connectivity index (χ0v) is 23.4. The largest absolute Gasteiger partial charge is 0.481 e. The first-order valence-corrected chi connectivity index (χ1v) is 14.8. The van der Waals surface area contributed by atoms with Gasteiger partial charge in [0.2, 0.25) is 11.8 Å². The van der Waals surface area contributed by atoms with E-state index in [4.69, 9.17) is 11.6 Å². The smallest absolute Gasteiger partial charge is 0.306 e. The molecule has 10 nitrogen and oxygen atoms in total. The van der Waals surface area contributed by atoms with Gasteiger partial charge in [0.1, 0.15) is 12.4 Å². The van der Waals surface area contributed by atoms with Gasteiger partial charge in [-0.3, -0.25) is 14.4 Å². The Bertz CT molecular complexity index is 1220. The molecule has 1 aromatic carbocycles. The second-order valence-corrected chi connectivity index (χ2v) is 11.8. The van der Waals surface area contributed by atoms with E-state index in [-0.39, 0.29) is 29.7 Å². The van der Waals surface area contributed by atoms with E-state index in [9.17, 15) is 19.5 Å². The first kappa shape index (κ1) is 28.3. The van der Waals surface area contributed by atoms with E-state index < -0.39 is 12.0 Å². The summed E-state index contributed by atoms with van der Waals surface area (Å²) in [6.45, 7) is 0.519. The predicted molar refractivity (Wildman–Crippen MR) is 150 cm³/mol. The number of carboxylic acid groups (broad SMARTS) is 1. The fraction of sp³-hybridized carbons (Fsp3) is 0.586. The molecule has 1 aromatic heterocycles.